The highest BCUT2D eigenvalue weighted by Crippen LogP contribution is 2.48. The first-order valence-electron chi connectivity index (χ1n) is 10.0. The van der Waals surface area contributed by atoms with Gasteiger partial charge in [-0.05, 0) is 35.9 Å². The minimum atomic E-state index is -0.225. The van der Waals surface area contributed by atoms with E-state index in [0.29, 0.717) is 28.8 Å². The highest BCUT2D eigenvalue weighted by atomic mass is 16.5. The zero-order valence-corrected chi connectivity index (χ0v) is 17.0. The molecule has 1 atom stereocenters. The van der Waals surface area contributed by atoms with Gasteiger partial charge in [-0.3, -0.25) is 4.98 Å². The fourth-order valence-electron chi connectivity index (χ4n) is 4.05. The maximum absolute atomic E-state index is 10.0. The van der Waals surface area contributed by atoms with Crippen molar-refractivity contribution >= 4 is 5.65 Å². The normalized spacial score (nSPS) is 14.5. The number of methoxy groups -OCH3 is 1. The van der Waals surface area contributed by atoms with Crippen LogP contribution in [0.4, 0.5) is 0 Å². The van der Waals surface area contributed by atoms with Gasteiger partial charge in [0.25, 0.3) is 0 Å². The molecular weight excluding hydrogens is 406 g/mol. The zero-order chi connectivity index (χ0) is 21.7. The van der Waals surface area contributed by atoms with Gasteiger partial charge in [0.15, 0.2) is 5.65 Å². The van der Waals surface area contributed by atoms with Crippen LogP contribution in [0.25, 0.3) is 17.2 Å². The van der Waals surface area contributed by atoms with Crippen molar-refractivity contribution in [3.8, 4) is 34.6 Å². The summed E-state index contributed by atoms with van der Waals surface area (Å²) >= 11 is 0. The van der Waals surface area contributed by atoms with E-state index in [-0.39, 0.29) is 11.7 Å². The summed E-state index contributed by atoms with van der Waals surface area (Å²) in [5.41, 5.74) is 4.02. The van der Waals surface area contributed by atoms with Gasteiger partial charge in [0.1, 0.15) is 29.3 Å². The van der Waals surface area contributed by atoms with Crippen molar-refractivity contribution in [1.82, 2.24) is 24.6 Å². The van der Waals surface area contributed by atoms with Gasteiger partial charge in [-0.2, -0.15) is 0 Å². The van der Waals surface area contributed by atoms with Crippen LogP contribution in [0.5, 0.6) is 23.1 Å². The fraction of sp³-hybridized carbons (Fsp3) is 0.0833. The summed E-state index contributed by atoms with van der Waals surface area (Å²) in [6.45, 7) is 0. The van der Waals surface area contributed by atoms with Crippen molar-refractivity contribution in [2.24, 2.45) is 0 Å². The van der Waals surface area contributed by atoms with E-state index in [1.54, 1.807) is 36.3 Å². The summed E-state index contributed by atoms with van der Waals surface area (Å²) in [5, 5.41) is 14.6. The molecule has 1 aliphatic heterocycles. The van der Waals surface area contributed by atoms with Gasteiger partial charge in [0.2, 0.25) is 11.7 Å². The zero-order valence-electron chi connectivity index (χ0n) is 17.0. The average molecular weight is 423 g/mol. The van der Waals surface area contributed by atoms with Crippen molar-refractivity contribution in [1.29, 1.82) is 0 Å². The van der Waals surface area contributed by atoms with E-state index in [2.05, 4.69) is 15.1 Å². The molecule has 0 saturated carbocycles. The predicted octanol–water partition coefficient (Wildman–Crippen LogP) is 4.19. The summed E-state index contributed by atoms with van der Waals surface area (Å²) in [7, 11) is 1.64. The largest absolute Gasteiger partial charge is 0.508 e. The molecular formula is C24H17N5O3. The molecule has 1 N–H and O–H groups in total. The molecule has 5 aromatic rings. The topological polar surface area (TPSA) is 94.7 Å². The Kier molecular flexibility index (Phi) is 4.04. The van der Waals surface area contributed by atoms with Gasteiger partial charge in [-0.15, -0.1) is 5.10 Å². The predicted molar refractivity (Wildman–Crippen MR) is 116 cm³/mol. The number of rotatable bonds is 3. The third-order valence-corrected chi connectivity index (χ3v) is 5.53. The molecule has 8 heteroatoms. The number of aromatic hydroxyl groups is 1. The Hall–Kier alpha value is -4.46. The molecule has 0 radical (unpaired) electrons. The molecule has 0 fully saturated rings. The van der Waals surface area contributed by atoms with Gasteiger partial charge in [0.05, 0.1) is 12.7 Å². The molecule has 8 nitrogen and oxygen atoms in total. The second kappa shape index (κ2) is 7.05. The van der Waals surface area contributed by atoms with Crippen molar-refractivity contribution in [3.05, 3.63) is 89.9 Å². The smallest absolute Gasteiger partial charge is 0.228 e. The Labute approximate surface area is 182 Å². The molecule has 1 aliphatic rings. The Morgan fingerprint density at radius 2 is 1.91 bits per heavy atom. The number of hydrogen-bond acceptors (Lipinski definition) is 7. The molecule has 156 valence electrons. The number of hydrogen-bond donors (Lipinski definition) is 1. The molecule has 0 spiro atoms. The Morgan fingerprint density at radius 3 is 2.69 bits per heavy atom. The maximum atomic E-state index is 10.0. The fourth-order valence-corrected chi connectivity index (χ4v) is 4.05. The number of phenolic OH excluding ortho intramolecular Hbond substituents is 1. The molecule has 2 aromatic carbocycles. The van der Waals surface area contributed by atoms with E-state index in [9.17, 15) is 5.11 Å². The van der Waals surface area contributed by atoms with E-state index in [0.717, 1.165) is 22.4 Å². The molecule has 3 aromatic heterocycles. The van der Waals surface area contributed by atoms with E-state index in [4.69, 9.17) is 14.5 Å². The molecule has 0 aliphatic carbocycles. The lowest BCUT2D eigenvalue weighted by Crippen LogP contribution is -2.15. The number of nitrogens with zero attached hydrogens (tertiary/aromatic N) is 5. The monoisotopic (exact) mass is 423 g/mol. The number of ether oxygens (including phenoxy) is 2. The van der Waals surface area contributed by atoms with Gasteiger partial charge in [-0.25, -0.2) is 14.5 Å². The summed E-state index contributed by atoms with van der Waals surface area (Å²) in [5.74, 6) is 2.16. The van der Waals surface area contributed by atoms with Gasteiger partial charge in [0, 0.05) is 23.7 Å². The summed E-state index contributed by atoms with van der Waals surface area (Å²) in [6, 6.07) is 18.6. The molecule has 0 bridgehead atoms. The van der Waals surface area contributed by atoms with Crippen LogP contribution in [0, 0.1) is 0 Å². The lowest BCUT2D eigenvalue weighted by atomic mass is 9.84. The van der Waals surface area contributed by atoms with Crippen LogP contribution in [0.1, 0.15) is 22.6 Å². The van der Waals surface area contributed by atoms with Gasteiger partial charge in [-0.1, -0.05) is 24.3 Å². The average Bonchev–Trinajstić information content (AvgIpc) is 3.28. The van der Waals surface area contributed by atoms with Crippen molar-refractivity contribution in [2.75, 3.05) is 7.11 Å². The Morgan fingerprint density at radius 1 is 1.03 bits per heavy atom. The first-order valence-corrected chi connectivity index (χ1v) is 10.0. The molecule has 4 heterocycles. The second-order valence-corrected chi connectivity index (χ2v) is 7.41. The minimum absolute atomic E-state index is 0.127. The molecule has 6 rings (SSSR count). The first-order chi connectivity index (χ1) is 15.7. The molecule has 0 saturated heterocycles. The van der Waals surface area contributed by atoms with E-state index in [1.165, 1.54) is 0 Å². The minimum Gasteiger partial charge on any atom is -0.508 e. The number of pyridine rings is 1. The summed E-state index contributed by atoms with van der Waals surface area (Å²) < 4.78 is 13.1. The molecule has 0 amide bonds. The van der Waals surface area contributed by atoms with Crippen LogP contribution in [0.2, 0.25) is 0 Å². The van der Waals surface area contributed by atoms with Crippen LogP contribution in [-0.4, -0.2) is 36.8 Å². The van der Waals surface area contributed by atoms with Crippen LogP contribution in [-0.2, 0) is 0 Å². The standard InChI is InChI=1S/C24H17N5O3/c1-31-16-8-5-14(6-9-16)20-17-10-7-15(30)12-19(17)32-24-21(20)23-27-22(28-29(23)13-26-24)18-4-2-3-11-25-18/h2-13,20,30H,1H3/t20-/m1/s1. The molecule has 32 heavy (non-hydrogen) atoms. The van der Waals surface area contributed by atoms with Crippen LogP contribution in [0.15, 0.2) is 73.2 Å². The van der Waals surface area contributed by atoms with Crippen molar-refractivity contribution < 1.29 is 14.6 Å². The molecule has 0 unspecified atom stereocenters. The van der Waals surface area contributed by atoms with E-state index >= 15 is 0 Å². The summed E-state index contributed by atoms with van der Waals surface area (Å²) in [6.07, 6.45) is 3.28. The quantitative estimate of drug-likeness (QED) is 0.456. The van der Waals surface area contributed by atoms with E-state index < -0.39 is 0 Å². The van der Waals surface area contributed by atoms with Gasteiger partial charge < -0.3 is 14.6 Å². The highest BCUT2D eigenvalue weighted by molar-refractivity contribution is 5.68. The number of aromatic nitrogens is 5. The third kappa shape index (κ3) is 2.84. The lowest BCUT2D eigenvalue weighted by Gasteiger charge is -2.28. The van der Waals surface area contributed by atoms with Crippen LogP contribution in [0.3, 0.4) is 0 Å². The van der Waals surface area contributed by atoms with E-state index in [1.807, 2.05) is 48.5 Å². The van der Waals surface area contributed by atoms with Crippen LogP contribution >= 0.6 is 0 Å². The summed E-state index contributed by atoms with van der Waals surface area (Å²) in [4.78, 5) is 13.7. The highest BCUT2D eigenvalue weighted by Gasteiger charge is 2.33. The third-order valence-electron chi connectivity index (χ3n) is 5.53. The second-order valence-electron chi connectivity index (χ2n) is 7.41. The number of fused-ring (bicyclic) bond motifs is 4. The van der Waals surface area contributed by atoms with Crippen molar-refractivity contribution in [2.45, 2.75) is 5.92 Å². The lowest BCUT2D eigenvalue weighted by molar-refractivity contribution is 0.414. The SMILES string of the molecule is COc1ccc([C@@H]2c3ccc(O)cc3Oc3ncn4nc(-c5ccccn5)nc4c32)cc1. The van der Waals surface area contributed by atoms with Gasteiger partial charge >= 0.3 is 0 Å². The maximum Gasteiger partial charge on any atom is 0.228 e. The number of benzene rings is 2. The Balaban J connectivity index is 1.60. The van der Waals surface area contributed by atoms with Crippen molar-refractivity contribution in [3.63, 3.8) is 0 Å². The van der Waals surface area contributed by atoms with Crippen LogP contribution < -0.4 is 9.47 Å². The number of phenols is 1. The Bertz CT molecular complexity index is 1450. The first kappa shape index (κ1) is 18.3.